The summed E-state index contributed by atoms with van der Waals surface area (Å²) in [7, 11) is 3.32. The summed E-state index contributed by atoms with van der Waals surface area (Å²) in [5.41, 5.74) is 1.71. The monoisotopic (exact) mass is 304 g/mol. The average molecular weight is 304 g/mol. The van der Waals surface area contributed by atoms with Crippen LogP contribution in [0.4, 0.5) is 10.5 Å². The number of carbonyl (C=O) groups excluding carboxylic acids is 1. The Morgan fingerprint density at radius 3 is 2.91 bits per heavy atom. The number of urea groups is 1. The molecule has 0 aliphatic carbocycles. The highest BCUT2D eigenvalue weighted by atomic mass is 16.5. The summed E-state index contributed by atoms with van der Waals surface area (Å²) in [6.07, 6.45) is -0.0307. The molecule has 0 saturated heterocycles. The lowest BCUT2D eigenvalue weighted by Crippen LogP contribution is -2.31. The molecule has 0 bridgehead atoms. The minimum absolute atomic E-state index is 0.0307. The topological polar surface area (TPSA) is 80.5 Å². The van der Waals surface area contributed by atoms with E-state index >= 15 is 0 Å². The first-order valence-electron chi connectivity index (χ1n) is 6.93. The van der Waals surface area contributed by atoms with E-state index in [2.05, 4.69) is 15.5 Å². The van der Waals surface area contributed by atoms with Crippen LogP contribution in [0.1, 0.15) is 30.3 Å². The van der Waals surface area contributed by atoms with Crippen molar-refractivity contribution in [3.8, 4) is 0 Å². The fourth-order valence-corrected chi connectivity index (χ4v) is 1.91. The van der Waals surface area contributed by atoms with Gasteiger partial charge in [0.2, 0.25) is 5.89 Å². The molecule has 1 aromatic carbocycles. The summed E-state index contributed by atoms with van der Waals surface area (Å²) in [4.78, 5) is 17.7. The van der Waals surface area contributed by atoms with Crippen molar-refractivity contribution in [3.63, 3.8) is 0 Å². The predicted octanol–water partition coefficient (Wildman–Crippen LogP) is 2.75. The van der Waals surface area contributed by atoms with Crippen molar-refractivity contribution in [3.05, 3.63) is 41.5 Å². The van der Waals surface area contributed by atoms with Crippen LogP contribution in [0.2, 0.25) is 0 Å². The first kappa shape index (κ1) is 16.0. The van der Waals surface area contributed by atoms with Gasteiger partial charge in [0.15, 0.2) is 5.82 Å². The molecule has 0 fully saturated rings. The lowest BCUT2D eigenvalue weighted by molar-refractivity contribution is 0.119. The fraction of sp³-hybridized carbons (Fsp3) is 0.400. The molecule has 2 amide bonds. The number of hydrogen-bond acceptors (Lipinski definition) is 5. The molecule has 0 saturated carbocycles. The molecule has 0 spiro atoms. The Labute approximate surface area is 129 Å². The second-order valence-corrected chi connectivity index (χ2v) is 5.02. The number of methoxy groups -OCH3 is 1. The molecule has 1 N–H and O–H groups in total. The number of aromatic nitrogens is 2. The zero-order chi connectivity index (χ0) is 16.1. The van der Waals surface area contributed by atoms with E-state index in [1.54, 1.807) is 21.1 Å². The molecule has 1 unspecified atom stereocenters. The summed E-state index contributed by atoms with van der Waals surface area (Å²) in [6, 6.07) is 7.30. The number of aryl methyl sites for hydroxylation is 1. The van der Waals surface area contributed by atoms with E-state index < -0.39 is 0 Å². The first-order valence-corrected chi connectivity index (χ1v) is 6.93. The highest BCUT2D eigenvalue weighted by Crippen LogP contribution is 2.19. The normalized spacial score (nSPS) is 12.0. The number of carbonyl (C=O) groups is 1. The van der Waals surface area contributed by atoms with Gasteiger partial charge >= 0.3 is 6.03 Å². The molecular weight excluding hydrogens is 284 g/mol. The van der Waals surface area contributed by atoms with E-state index in [0.29, 0.717) is 17.4 Å². The molecular formula is C15H20N4O3. The molecule has 1 aromatic heterocycles. The Kier molecular flexibility index (Phi) is 5.11. The molecule has 22 heavy (non-hydrogen) atoms. The Hall–Kier alpha value is -2.41. The van der Waals surface area contributed by atoms with E-state index in [4.69, 9.17) is 9.26 Å². The van der Waals surface area contributed by atoms with Gasteiger partial charge in [0.25, 0.3) is 0 Å². The molecule has 118 valence electrons. The average Bonchev–Trinajstić information content (AvgIpc) is 2.91. The summed E-state index contributed by atoms with van der Waals surface area (Å²) < 4.78 is 10.2. The SMILES string of the molecule is COC(C)c1cccc(NC(=O)N(C)Cc2noc(C)n2)c1. The van der Waals surface area contributed by atoms with Crippen molar-refractivity contribution < 1.29 is 14.1 Å². The lowest BCUT2D eigenvalue weighted by atomic mass is 10.1. The molecule has 1 heterocycles. The van der Waals surface area contributed by atoms with Crippen LogP contribution in [0.5, 0.6) is 0 Å². The second kappa shape index (κ2) is 7.04. The smallest absolute Gasteiger partial charge is 0.321 e. The van der Waals surface area contributed by atoms with Crippen molar-refractivity contribution in [1.82, 2.24) is 15.0 Å². The van der Waals surface area contributed by atoms with E-state index in [1.165, 1.54) is 4.90 Å². The van der Waals surface area contributed by atoms with Gasteiger partial charge in [-0.05, 0) is 24.6 Å². The maximum absolute atomic E-state index is 12.2. The number of benzene rings is 1. The molecule has 7 nitrogen and oxygen atoms in total. The number of rotatable bonds is 5. The van der Waals surface area contributed by atoms with Crippen LogP contribution < -0.4 is 5.32 Å². The van der Waals surface area contributed by atoms with Crippen molar-refractivity contribution in [2.24, 2.45) is 0 Å². The number of anilines is 1. The number of nitrogens with zero attached hydrogens (tertiary/aromatic N) is 3. The summed E-state index contributed by atoms with van der Waals surface area (Å²) >= 11 is 0. The summed E-state index contributed by atoms with van der Waals surface area (Å²) in [5, 5.41) is 6.60. The van der Waals surface area contributed by atoms with E-state index in [1.807, 2.05) is 31.2 Å². The fourth-order valence-electron chi connectivity index (χ4n) is 1.91. The summed E-state index contributed by atoms with van der Waals surface area (Å²) in [6.45, 7) is 3.93. The number of amides is 2. The van der Waals surface area contributed by atoms with Crippen LogP contribution in [0, 0.1) is 6.92 Å². The van der Waals surface area contributed by atoms with Crippen LogP contribution in [-0.4, -0.2) is 35.2 Å². The predicted molar refractivity (Wildman–Crippen MR) is 81.4 cm³/mol. The van der Waals surface area contributed by atoms with Crippen molar-refractivity contribution in [1.29, 1.82) is 0 Å². The van der Waals surface area contributed by atoms with Gasteiger partial charge in [-0.1, -0.05) is 17.3 Å². The number of nitrogens with one attached hydrogen (secondary N) is 1. The van der Waals surface area contributed by atoms with Gasteiger partial charge in [-0.3, -0.25) is 0 Å². The third-order valence-electron chi connectivity index (χ3n) is 3.26. The van der Waals surface area contributed by atoms with Crippen LogP contribution in [0.3, 0.4) is 0 Å². The molecule has 2 aromatic rings. The Morgan fingerprint density at radius 1 is 1.50 bits per heavy atom. The van der Waals surface area contributed by atoms with Gasteiger partial charge in [-0.15, -0.1) is 0 Å². The highest BCUT2D eigenvalue weighted by Gasteiger charge is 2.13. The largest absolute Gasteiger partial charge is 0.377 e. The lowest BCUT2D eigenvalue weighted by Gasteiger charge is -2.17. The van der Waals surface area contributed by atoms with Gasteiger partial charge in [-0.2, -0.15) is 4.98 Å². The number of hydrogen-bond donors (Lipinski definition) is 1. The summed E-state index contributed by atoms with van der Waals surface area (Å²) in [5.74, 6) is 0.946. The molecule has 7 heteroatoms. The van der Waals surface area contributed by atoms with Gasteiger partial charge in [0.1, 0.15) is 0 Å². The maximum atomic E-state index is 12.2. The number of ether oxygens (including phenoxy) is 1. The van der Waals surface area contributed by atoms with Crippen molar-refractivity contribution in [2.45, 2.75) is 26.5 Å². The third kappa shape index (κ3) is 4.05. The van der Waals surface area contributed by atoms with E-state index in [0.717, 1.165) is 5.56 Å². The quantitative estimate of drug-likeness (QED) is 0.918. The van der Waals surface area contributed by atoms with Gasteiger partial charge in [0.05, 0.1) is 12.6 Å². The molecule has 2 rings (SSSR count). The Bertz CT molecular complexity index is 641. The van der Waals surface area contributed by atoms with Crippen LogP contribution in [0.15, 0.2) is 28.8 Å². The van der Waals surface area contributed by atoms with Crippen LogP contribution >= 0.6 is 0 Å². The van der Waals surface area contributed by atoms with Crippen LogP contribution in [0.25, 0.3) is 0 Å². The zero-order valence-corrected chi connectivity index (χ0v) is 13.2. The van der Waals surface area contributed by atoms with Crippen LogP contribution in [-0.2, 0) is 11.3 Å². The minimum Gasteiger partial charge on any atom is -0.377 e. The first-order chi connectivity index (χ1) is 10.5. The molecule has 0 aliphatic heterocycles. The minimum atomic E-state index is -0.246. The van der Waals surface area contributed by atoms with Gasteiger partial charge in [-0.25, -0.2) is 4.79 Å². The standard InChI is InChI=1S/C15H20N4O3/c1-10(21-4)12-6-5-7-13(8-12)17-15(20)19(3)9-14-16-11(2)22-18-14/h5-8,10H,9H2,1-4H3,(H,17,20). The van der Waals surface area contributed by atoms with E-state index in [9.17, 15) is 4.79 Å². The van der Waals surface area contributed by atoms with Crippen molar-refractivity contribution >= 4 is 11.7 Å². The second-order valence-electron chi connectivity index (χ2n) is 5.02. The van der Waals surface area contributed by atoms with Gasteiger partial charge in [0, 0.05) is 26.8 Å². The highest BCUT2D eigenvalue weighted by molar-refractivity contribution is 5.89. The zero-order valence-electron chi connectivity index (χ0n) is 13.2. The molecule has 0 radical (unpaired) electrons. The van der Waals surface area contributed by atoms with E-state index in [-0.39, 0.29) is 18.7 Å². The molecule has 1 atom stereocenters. The Balaban J connectivity index is 1.99. The van der Waals surface area contributed by atoms with Crippen molar-refractivity contribution in [2.75, 3.05) is 19.5 Å². The Morgan fingerprint density at radius 2 is 2.27 bits per heavy atom. The van der Waals surface area contributed by atoms with Gasteiger partial charge < -0.3 is 19.5 Å². The third-order valence-corrected chi connectivity index (χ3v) is 3.26. The maximum Gasteiger partial charge on any atom is 0.321 e. The molecule has 0 aliphatic rings.